The molecule has 10 nitrogen and oxygen atoms in total. The van der Waals surface area contributed by atoms with Crippen LogP contribution in [0.25, 0.3) is 0 Å². The molecule has 2 aliphatic rings. The topological polar surface area (TPSA) is 148 Å². The number of sulfonamides is 2. The number of anilines is 2. The Bertz CT molecular complexity index is 1760. The maximum atomic E-state index is 14.7. The lowest BCUT2D eigenvalue weighted by Gasteiger charge is -2.30. The molecule has 0 aromatic heterocycles. The molecule has 2 fully saturated rings. The molecule has 1 saturated heterocycles. The van der Waals surface area contributed by atoms with Crippen molar-refractivity contribution in [3.63, 3.8) is 0 Å². The van der Waals surface area contributed by atoms with Crippen LogP contribution in [0.1, 0.15) is 65.6 Å². The molecular weight excluding hydrogens is 648 g/mol. The zero-order valence-corrected chi connectivity index (χ0v) is 28.3. The first kappa shape index (κ1) is 34.2. The Labute approximate surface area is 276 Å². The minimum atomic E-state index is -4.17. The fourth-order valence-electron chi connectivity index (χ4n) is 6.33. The smallest absolute Gasteiger partial charge is 0.339 e. The summed E-state index contributed by atoms with van der Waals surface area (Å²) in [5.74, 6) is -0.709. The Morgan fingerprint density at radius 3 is 2.24 bits per heavy atom. The molecule has 1 saturated carbocycles. The standard InChI is InChI=1S/C33H41ClN4O6S2/c1-44-33(39)29-12-8-26(19-30(29)35)22-45(40,41)37-31-13-9-25(18-23-14-16-36-17-15-23)20-32(31)46(42,43)38(28-4-2-3-5-28)21-24-6-10-27(34)11-7-24/h6-13,19-20,23,28,36-37H,2-5,14-18,21-22,35H2,1H3. The Kier molecular flexibility index (Phi) is 10.9. The summed E-state index contributed by atoms with van der Waals surface area (Å²) >= 11 is 6.11. The van der Waals surface area contributed by atoms with E-state index >= 15 is 0 Å². The van der Waals surface area contributed by atoms with Crippen LogP contribution >= 0.6 is 11.6 Å². The van der Waals surface area contributed by atoms with E-state index < -0.39 is 31.8 Å². The van der Waals surface area contributed by atoms with Gasteiger partial charge in [-0.15, -0.1) is 0 Å². The van der Waals surface area contributed by atoms with E-state index in [2.05, 4.69) is 10.0 Å². The molecule has 0 unspecified atom stereocenters. The number of hydrogen-bond donors (Lipinski definition) is 3. The zero-order valence-electron chi connectivity index (χ0n) is 25.9. The molecule has 46 heavy (non-hydrogen) atoms. The second-order valence-corrected chi connectivity index (χ2v) is 16.1. The molecular formula is C33H41ClN4O6S2. The number of hydrogen-bond acceptors (Lipinski definition) is 8. The number of ether oxygens (including phenoxy) is 1. The van der Waals surface area contributed by atoms with Crippen LogP contribution in [0.15, 0.2) is 65.6 Å². The minimum absolute atomic E-state index is 0.00711. The van der Waals surface area contributed by atoms with E-state index in [9.17, 15) is 21.6 Å². The Hall–Kier alpha value is -3.16. The van der Waals surface area contributed by atoms with Crippen molar-refractivity contribution in [1.82, 2.24) is 9.62 Å². The third-order valence-electron chi connectivity index (χ3n) is 8.74. The number of nitrogens with zero attached hydrogens (tertiary/aromatic N) is 1. The molecule has 0 atom stereocenters. The quantitative estimate of drug-likeness (QED) is 0.171. The third kappa shape index (κ3) is 8.40. The van der Waals surface area contributed by atoms with Crippen LogP contribution in [-0.2, 0) is 43.5 Å². The van der Waals surface area contributed by atoms with Crippen molar-refractivity contribution in [2.24, 2.45) is 5.92 Å². The molecule has 13 heteroatoms. The van der Waals surface area contributed by atoms with E-state index in [-0.39, 0.29) is 34.4 Å². The fraction of sp³-hybridized carbons (Fsp3) is 0.424. The van der Waals surface area contributed by atoms with Gasteiger partial charge in [-0.05, 0) is 104 Å². The Balaban J connectivity index is 1.50. The van der Waals surface area contributed by atoms with Crippen LogP contribution in [0.5, 0.6) is 0 Å². The number of methoxy groups -OCH3 is 1. The predicted octanol–water partition coefficient (Wildman–Crippen LogP) is 5.33. The van der Waals surface area contributed by atoms with Gasteiger partial charge in [0.2, 0.25) is 20.0 Å². The second-order valence-electron chi connectivity index (χ2n) is 12.1. The summed E-state index contributed by atoms with van der Waals surface area (Å²) in [6.07, 6.45) is 5.97. The molecule has 1 aliphatic heterocycles. The van der Waals surface area contributed by atoms with Gasteiger partial charge in [-0.25, -0.2) is 21.6 Å². The predicted molar refractivity (Wildman–Crippen MR) is 181 cm³/mol. The molecule has 5 rings (SSSR count). The van der Waals surface area contributed by atoms with E-state index in [1.165, 1.54) is 29.6 Å². The minimum Gasteiger partial charge on any atom is -0.465 e. The Morgan fingerprint density at radius 1 is 0.935 bits per heavy atom. The van der Waals surface area contributed by atoms with Gasteiger partial charge >= 0.3 is 5.97 Å². The summed E-state index contributed by atoms with van der Waals surface area (Å²) in [6, 6.07) is 16.2. The highest BCUT2D eigenvalue weighted by molar-refractivity contribution is 7.92. The van der Waals surface area contributed by atoms with Crippen molar-refractivity contribution >= 4 is 49.0 Å². The maximum absolute atomic E-state index is 14.7. The van der Waals surface area contributed by atoms with Crippen molar-refractivity contribution in [3.05, 3.63) is 87.9 Å². The largest absolute Gasteiger partial charge is 0.465 e. The first-order valence-corrected chi connectivity index (χ1v) is 19.0. The molecule has 248 valence electrons. The van der Waals surface area contributed by atoms with Crippen LogP contribution in [-0.4, -0.2) is 53.4 Å². The summed E-state index contributed by atoms with van der Waals surface area (Å²) in [4.78, 5) is 11.9. The number of esters is 1. The lowest BCUT2D eigenvalue weighted by Crippen LogP contribution is -2.38. The van der Waals surface area contributed by atoms with Gasteiger partial charge in [0.1, 0.15) is 4.90 Å². The zero-order chi connectivity index (χ0) is 32.9. The normalized spacial score (nSPS) is 16.5. The number of nitrogen functional groups attached to an aromatic ring is 1. The van der Waals surface area contributed by atoms with Crippen molar-refractivity contribution < 1.29 is 26.4 Å². The van der Waals surface area contributed by atoms with Crippen molar-refractivity contribution in [2.45, 2.75) is 68.2 Å². The first-order chi connectivity index (χ1) is 21.9. The number of nitrogens with one attached hydrogen (secondary N) is 2. The number of piperidine rings is 1. The van der Waals surface area contributed by atoms with Crippen LogP contribution < -0.4 is 15.8 Å². The van der Waals surface area contributed by atoms with Crippen LogP contribution in [0, 0.1) is 5.92 Å². The van der Waals surface area contributed by atoms with E-state index in [1.54, 1.807) is 30.3 Å². The van der Waals surface area contributed by atoms with Gasteiger partial charge in [-0.3, -0.25) is 4.72 Å². The molecule has 3 aromatic carbocycles. The van der Waals surface area contributed by atoms with Gasteiger partial charge < -0.3 is 15.8 Å². The molecule has 4 N–H and O–H groups in total. The summed E-state index contributed by atoms with van der Waals surface area (Å²) < 4.78 is 65.2. The number of benzene rings is 3. The van der Waals surface area contributed by atoms with Crippen molar-refractivity contribution in [1.29, 1.82) is 0 Å². The number of nitrogens with two attached hydrogens (primary N) is 1. The molecule has 1 aliphatic carbocycles. The average Bonchev–Trinajstić information content (AvgIpc) is 3.56. The molecule has 3 aromatic rings. The summed E-state index contributed by atoms with van der Waals surface area (Å²) in [5.41, 5.74) is 8.17. The third-order valence-corrected chi connectivity index (χ3v) is 12.2. The maximum Gasteiger partial charge on any atom is 0.339 e. The van der Waals surface area contributed by atoms with Crippen LogP contribution in [0.3, 0.4) is 0 Å². The first-order valence-electron chi connectivity index (χ1n) is 15.5. The van der Waals surface area contributed by atoms with Gasteiger partial charge in [-0.2, -0.15) is 4.31 Å². The van der Waals surface area contributed by atoms with Crippen LogP contribution in [0.2, 0.25) is 5.02 Å². The number of halogens is 1. The number of carbonyl (C=O) groups is 1. The summed E-state index contributed by atoms with van der Waals surface area (Å²) in [6.45, 7) is 1.96. The van der Waals surface area contributed by atoms with Gasteiger partial charge in [0.25, 0.3) is 0 Å². The van der Waals surface area contributed by atoms with Gasteiger partial charge in [0.15, 0.2) is 0 Å². The fourth-order valence-corrected chi connectivity index (χ4v) is 9.60. The lowest BCUT2D eigenvalue weighted by molar-refractivity contribution is 0.0602. The average molecular weight is 689 g/mol. The molecule has 0 spiro atoms. The SMILES string of the molecule is COC(=O)c1ccc(CS(=O)(=O)Nc2ccc(CC3CCNCC3)cc2S(=O)(=O)N(Cc2ccc(Cl)cc2)C2CCCC2)cc1N. The lowest BCUT2D eigenvalue weighted by atomic mass is 9.91. The van der Waals surface area contributed by atoms with E-state index in [4.69, 9.17) is 22.1 Å². The Morgan fingerprint density at radius 2 is 1.59 bits per heavy atom. The number of carbonyl (C=O) groups excluding carboxylic acids is 1. The summed E-state index contributed by atoms with van der Waals surface area (Å²) in [5, 5.41) is 3.92. The van der Waals surface area contributed by atoms with Crippen molar-refractivity contribution in [3.8, 4) is 0 Å². The van der Waals surface area contributed by atoms with Gasteiger partial charge in [0.05, 0.1) is 24.1 Å². The van der Waals surface area contributed by atoms with Gasteiger partial charge in [-0.1, -0.05) is 48.7 Å². The van der Waals surface area contributed by atoms with Crippen molar-refractivity contribution in [2.75, 3.05) is 30.7 Å². The highest BCUT2D eigenvalue weighted by Crippen LogP contribution is 2.35. The number of rotatable bonds is 12. The van der Waals surface area contributed by atoms with E-state index in [1.807, 2.05) is 12.1 Å². The van der Waals surface area contributed by atoms with E-state index in [0.29, 0.717) is 22.9 Å². The highest BCUT2D eigenvalue weighted by atomic mass is 35.5. The second kappa shape index (κ2) is 14.7. The summed E-state index contributed by atoms with van der Waals surface area (Å²) in [7, 11) is -7.04. The highest BCUT2D eigenvalue weighted by Gasteiger charge is 2.36. The van der Waals surface area contributed by atoms with Gasteiger partial charge in [0, 0.05) is 23.3 Å². The molecule has 0 radical (unpaired) electrons. The van der Waals surface area contributed by atoms with E-state index in [0.717, 1.165) is 62.7 Å². The molecule has 0 bridgehead atoms. The molecule has 0 amide bonds. The monoisotopic (exact) mass is 688 g/mol. The van der Waals surface area contributed by atoms with Crippen LogP contribution in [0.4, 0.5) is 11.4 Å². The molecule has 1 heterocycles.